The molecule has 0 saturated carbocycles. The molecule has 122 valence electrons. The van der Waals surface area contributed by atoms with Crippen LogP contribution in [-0.4, -0.2) is 22.3 Å². The molecule has 3 heteroatoms. The summed E-state index contributed by atoms with van der Waals surface area (Å²) >= 11 is 0. The molecule has 0 amide bonds. The lowest BCUT2D eigenvalue weighted by Crippen LogP contribution is -2.05. The Labute approximate surface area is 125 Å². The zero-order valence-electron chi connectivity index (χ0n) is 13.9. The van der Waals surface area contributed by atoms with E-state index in [1.165, 1.54) is 64.2 Å². The normalized spacial score (nSPS) is 10.2. The Kier molecular flexibility index (Phi) is 20.0. The standard InChI is InChI=1S/C15H32O.C2H4O2/c1-3-5-7-9-11-13-15(16)14-12-10-8-6-4-2;1-2(3)4/h15-16H,3-14H2,1-2H3;1H3,(H,3,4). The first-order valence-corrected chi connectivity index (χ1v) is 8.42. The molecular formula is C17H36O3. The van der Waals surface area contributed by atoms with Gasteiger partial charge < -0.3 is 10.2 Å². The lowest BCUT2D eigenvalue weighted by molar-refractivity contribution is -0.134. The minimum Gasteiger partial charge on any atom is -0.481 e. The van der Waals surface area contributed by atoms with E-state index in [1.54, 1.807) is 0 Å². The Morgan fingerprint density at radius 1 is 0.800 bits per heavy atom. The number of aliphatic hydroxyl groups excluding tert-OH is 1. The largest absolute Gasteiger partial charge is 0.481 e. The van der Waals surface area contributed by atoms with Crippen molar-refractivity contribution >= 4 is 5.97 Å². The van der Waals surface area contributed by atoms with E-state index in [2.05, 4.69) is 13.8 Å². The average Bonchev–Trinajstić information content (AvgIpc) is 2.37. The Hall–Kier alpha value is -0.570. The SMILES string of the molecule is CC(=O)O.CCCCCCCC(O)CCCCCCC. The lowest BCUT2D eigenvalue weighted by Gasteiger charge is -2.09. The van der Waals surface area contributed by atoms with Crippen LogP contribution in [0.2, 0.25) is 0 Å². The van der Waals surface area contributed by atoms with Crippen molar-refractivity contribution in [3.8, 4) is 0 Å². The highest BCUT2D eigenvalue weighted by Gasteiger charge is 2.03. The molecule has 0 unspecified atom stereocenters. The van der Waals surface area contributed by atoms with E-state index in [0.717, 1.165) is 19.8 Å². The molecule has 0 aliphatic carbocycles. The monoisotopic (exact) mass is 288 g/mol. The van der Waals surface area contributed by atoms with Crippen LogP contribution in [0.1, 0.15) is 97.8 Å². The Morgan fingerprint density at radius 3 is 1.40 bits per heavy atom. The maximum absolute atomic E-state index is 9.76. The van der Waals surface area contributed by atoms with E-state index in [4.69, 9.17) is 9.90 Å². The zero-order chi connectivity index (χ0) is 15.6. The van der Waals surface area contributed by atoms with Gasteiger partial charge in [0, 0.05) is 6.92 Å². The molecule has 3 nitrogen and oxygen atoms in total. The molecule has 2 N–H and O–H groups in total. The maximum atomic E-state index is 9.76. The predicted molar refractivity (Wildman–Crippen MR) is 86.1 cm³/mol. The molecular weight excluding hydrogens is 252 g/mol. The van der Waals surface area contributed by atoms with E-state index in [-0.39, 0.29) is 6.10 Å². The quantitative estimate of drug-likeness (QED) is 0.488. The van der Waals surface area contributed by atoms with Gasteiger partial charge in [-0.15, -0.1) is 0 Å². The minimum atomic E-state index is -0.833. The third-order valence-electron chi connectivity index (χ3n) is 3.28. The van der Waals surface area contributed by atoms with Gasteiger partial charge in [0.1, 0.15) is 0 Å². The highest BCUT2D eigenvalue weighted by molar-refractivity contribution is 5.62. The zero-order valence-corrected chi connectivity index (χ0v) is 13.9. The van der Waals surface area contributed by atoms with Gasteiger partial charge in [-0.1, -0.05) is 78.1 Å². The molecule has 0 fully saturated rings. The number of aliphatic carboxylic acids is 1. The minimum absolute atomic E-state index is 0.0248. The molecule has 0 aliphatic rings. The summed E-state index contributed by atoms with van der Waals surface area (Å²) in [6.45, 7) is 5.57. The fourth-order valence-electron chi connectivity index (χ4n) is 2.11. The van der Waals surface area contributed by atoms with Crippen molar-refractivity contribution in [3.63, 3.8) is 0 Å². The van der Waals surface area contributed by atoms with Crippen molar-refractivity contribution in [2.75, 3.05) is 0 Å². The summed E-state index contributed by atoms with van der Waals surface area (Å²) in [6.07, 6.45) is 15.1. The number of hydrogen-bond acceptors (Lipinski definition) is 2. The second kappa shape index (κ2) is 18.4. The molecule has 0 aromatic carbocycles. The van der Waals surface area contributed by atoms with Gasteiger partial charge in [0.2, 0.25) is 0 Å². The first-order valence-electron chi connectivity index (χ1n) is 8.42. The van der Waals surface area contributed by atoms with Crippen LogP contribution >= 0.6 is 0 Å². The van der Waals surface area contributed by atoms with Crippen LogP contribution in [0.3, 0.4) is 0 Å². The first kappa shape index (κ1) is 21.7. The highest BCUT2D eigenvalue weighted by Crippen LogP contribution is 2.13. The van der Waals surface area contributed by atoms with Gasteiger partial charge in [-0.2, -0.15) is 0 Å². The topological polar surface area (TPSA) is 57.5 Å². The molecule has 0 heterocycles. The average molecular weight is 288 g/mol. The van der Waals surface area contributed by atoms with Crippen LogP contribution in [0.5, 0.6) is 0 Å². The van der Waals surface area contributed by atoms with Crippen LogP contribution in [0.4, 0.5) is 0 Å². The third kappa shape index (κ3) is 26.1. The summed E-state index contributed by atoms with van der Waals surface area (Å²) in [7, 11) is 0. The van der Waals surface area contributed by atoms with E-state index >= 15 is 0 Å². The van der Waals surface area contributed by atoms with Gasteiger partial charge in [-0.25, -0.2) is 0 Å². The van der Waals surface area contributed by atoms with Crippen molar-refractivity contribution in [2.24, 2.45) is 0 Å². The molecule has 0 radical (unpaired) electrons. The smallest absolute Gasteiger partial charge is 0.300 e. The molecule has 0 atom stereocenters. The summed E-state index contributed by atoms with van der Waals surface area (Å²) in [6, 6.07) is 0. The van der Waals surface area contributed by atoms with Gasteiger partial charge >= 0.3 is 0 Å². The van der Waals surface area contributed by atoms with Crippen LogP contribution < -0.4 is 0 Å². The lowest BCUT2D eigenvalue weighted by atomic mass is 10.0. The summed E-state index contributed by atoms with van der Waals surface area (Å²) in [5.41, 5.74) is 0. The number of carboxylic acid groups (broad SMARTS) is 1. The van der Waals surface area contributed by atoms with Gasteiger partial charge in [0.05, 0.1) is 6.10 Å². The Bertz CT molecular complexity index is 175. The van der Waals surface area contributed by atoms with E-state index in [9.17, 15) is 5.11 Å². The summed E-state index contributed by atoms with van der Waals surface area (Å²) < 4.78 is 0. The molecule has 0 saturated heterocycles. The number of carbonyl (C=O) groups is 1. The van der Waals surface area contributed by atoms with E-state index < -0.39 is 5.97 Å². The molecule has 0 spiro atoms. The van der Waals surface area contributed by atoms with Crippen LogP contribution in [0.25, 0.3) is 0 Å². The van der Waals surface area contributed by atoms with Crippen molar-refractivity contribution in [1.82, 2.24) is 0 Å². The molecule has 20 heavy (non-hydrogen) atoms. The summed E-state index contributed by atoms with van der Waals surface area (Å²) in [4.78, 5) is 9.00. The van der Waals surface area contributed by atoms with Crippen LogP contribution in [0.15, 0.2) is 0 Å². The number of carboxylic acids is 1. The van der Waals surface area contributed by atoms with Crippen molar-refractivity contribution in [2.45, 2.75) is 104 Å². The predicted octanol–water partition coefficient (Wildman–Crippen LogP) is 5.16. The van der Waals surface area contributed by atoms with Crippen molar-refractivity contribution in [1.29, 1.82) is 0 Å². The Morgan fingerprint density at radius 2 is 1.10 bits per heavy atom. The summed E-state index contributed by atoms with van der Waals surface area (Å²) in [5.74, 6) is -0.833. The first-order chi connectivity index (χ1) is 9.54. The molecule has 0 aromatic heterocycles. The number of unbranched alkanes of at least 4 members (excludes halogenated alkanes) is 8. The second-order valence-electron chi connectivity index (χ2n) is 5.58. The van der Waals surface area contributed by atoms with E-state index in [1.807, 2.05) is 0 Å². The number of aliphatic hydroxyl groups is 1. The molecule has 0 aromatic rings. The maximum Gasteiger partial charge on any atom is 0.300 e. The Balaban J connectivity index is 0. The molecule has 0 bridgehead atoms. The van der Waals surface area contributed by atoms with Crippen LogP contribution in [0, 0.1) is 0 Å². The number of hydrogen-bond donors (Lipinski definition) is 2. The fourth-order valence-corrected chi connectivity index (χ4v) is 2.11. The molecule has 0 rings (SSSR count). The highest BCUT2D eigenvalue weighted by atomic mass is 16.4. The van der Waals surface area contributed by atoms with Gasteiger partial charge in [0.25, 0.3) is 5.97 Å². The fraction of sp³-hybridized carbons (Fsp3) is 0.941. The van der Waals surface area contributed by atoms with Crippen molar-refractivity contribution < 1.29 is 15.0 Å². The van der Waals surface area contributed by atoms with Gasteiger partial charge in [0.15, 0.2) is 0 Å². The second-order valence-corrected chi connectivity index (χ2v) is 5.58. The van der Waals surface area contributed by atoms with Crippen LogP contribution in [-0.2, 0) is 4.79 Å². The van der Waals surface area contributed by atoms with E-state index in [0.29, 0.717) is 0 Å². The van der Waals surface area contributed by atoms with Gasteiger partial charge in [-0.3, -0.25) is 4.79 Å². The van der Waals surface area contributed by atoms with Crippen molar-refractivity contribution in [3.05, 3.63) is 0 Å². The number of rotatable bonds is 12. The third-order valence-corrected chi connectivity index (χ3v) is 3.28. The molecule has 0 aliphatic heterocycles. The summed E-state index contributed by atoms with van der Waals surface area (Å²) in [5, 5.41) is 17.2. The van der Waals surface area contributed by atoms with Gasteiger partial charge in [-0.05, 0) is 12.8 Å².